The fraction of sp³-hybridized carbons (Fsp3) is 0.0667. The molecule has 2 rings (SSSR count). The molecule has 0 aromatic heterocycles. The van der Waals surface area contributed by atoms with Gasteiger partial charge in [0.1, 0.15) is 0 Å². The Morgan fingerprint density at radius 3 is 2.18 bits per heavy atom. The minimum Gasteiger partial charge on any atom is -0.380 e. The molecular weight excluding hydrogens is 286 g/mol. The summed E-state index contributed by atoms with van der Waals surface area (Å²) >= 11 is 0. The summed E-state index contributed by atoms with van der Waals surface area (Å²) in [5.41, 5.74) is 7.40. The van der Waals surface area contributed by atoms with Crippen molar-refractivity contribution in [3.05, 3.63) is 75.3 Å². The van der Waals surface area contributed by atoms with Crippen LogP contribution < -0.4 is 5.73 Å². The molecule has 7 heteroatoms. The Morgan fingerprint density at radius 1 is 1.09 bits per heavy atom. The summed E-state index contributed by atoms with van der Waals surface area (Å²) in [6, 6.07) is 12.2. The quantitative estimate of drug-likeness (QED) is 0.306. The van der Waals surface area contributed by atoms with Crippen molar-refractivity contribution in [3.8, 4) is 0 Å². The van der Waals surface area contributed by atoms with E-state index in [0.29, 0.717) is 11.1 Å². The number of aryl methyl sites for hydroxylation is 1. The Morgan fingerprint density at radius 2 is 1.64 bits per heavy atom. The number of nitrogens with zero attached hydrogens (tertiary/aromatic N) is 2. The first kappa shape index (κ1) is 15.2. The van der Waals surface area contributed by atoms with E-state index in [9.17, 15) is 14.9 Å². The second-order valence-corrected chi connectivity index (χ2v) is 4.53. The van der Waals surface area contributed by atoms with Gasteiger partial charge in [0, 0.05) is 17.7 Å². The molecule has 0 radical (unpaired) electrons. The number of hydrogen-bond donors (Lipinski definition) is 1. The van der Waals surface area contributed by atoms with Crippen LogP contribution in [0.5, 0.6) is 0 Å². The second kappa shape index (κ2) is 6.49. The Kier molecular flexibility index (Phi) is 4.47. The van der Waals surface area contributed by atoms with Gasteiger partial charge in [-0.05, 0) is 31.2 Å². The first-order chi connectivity index (χ1) is 10.5. The van der Waals surface area contributed by atoms with Crippen LogP contribution in [0.3, 0.4) is 0 Å². The molecular formula is C15H13N3O4. The Labute approximate surface area is 126 Å². The van der Waals surface area contributed by atoms with Gasteiger partial charge < -0.3 is 10.6 Å². The zero-order chi connectivity index (χ0) is 16.1. The maximum atomic E-state index is 11.8. The summed E-state index contributed by atoms with van der Waals surface area (Å²) in [5.74, 6) is -0.680. The molecule has 2 aromatic carbocycles. The first-order valence-electron chi connectivity index (χ1n) is 6.33. The summed E-state index contributed by atoms with van der Waals surface area (Å²) in [7, 11) is 0. The molecule has 0 saturated carbocycles. The highest BCUT2D eigenvalue weighted by molar-refractivity contribution is 5.98. The predicted molar refractivity (Wildman–Crippen MR) is 80.4 cm³/mol. The van der Waals surface area contributed by atoms with Crippen LogP contribution in [-0.2, 0) is 4.84 Å². The number of non-ortho nitro benzene ring substituents is 1. The molecule has 0 amide bonds. The average molecular weight is 299 g/mol. The van der Waals surface area contributed by atoms with Gasteiger partial charge in [-0.2, -0.15) is 0 Å². The Bertz CT molecular complexity index is 721. The standard InChI is InChI=1S/C15H13N3O4/c1-10-2-4-12(5-3-10)15(19)22-17-14(16)11-6-8-13(9-7-11)18(20)21/h2-9H,1H3,(H2,16,17). The van der Waals surface area contributed by atoms with Crippen LogP contribution in [0.25, 0.3) is 0 Å². The van der Waals surface area contributed by atoms with Crippen molar-refractivity contribution in [2.75, 3.05) is 0 Å². The van der Waals surface area contributed by atoms with E-state index in [1.165, 1.54) is 24.3 Å². The molecule has 22 heavy (non-hydrogen) atoms. The van der Waals surface area contributed by atoms with Crippen LogP contribution in [0.15, 0.2) is 53.7 Å². The number of hydrogen-bond acceptors (Lipinski definition) is 5. The maximum Gasteiger partial charge on any atom is 0.365 e. The fourth-order valence-electron chi connectivity index (χ4n) is 1.64. The number of oxime groups is 1. The monoisotopic (exact) mass is 299 g/mol. The van der Waals surface area contributed by atoms with E-state index < -0.39 is 10.9 Å². The highest BCUT2D eigenvalue weighted by Gasteiger charge is 2.09. The number of rotatable bonds is 4. The van der Waals surface area contributed by atoms with Gasteiger partial charge in [0.15, 0.2) is 5.84 Å². The van der Waals surface area contributed by atoms with Crippen LogP contribution in [0, 0.1) is 17.0 Å². The third-order valence-corrected chi connectivity index (χ3v) is 2.89. The van der Waals surface area contributed by atoms with Crippen LogP contribution in [0.1, 0.15) is 21.5 Å². The number of benzene rings is 2. The SMILES string of the molecule is Cc1ccc(C(=O)ON=C(N)c2ccc([N+](=O)[O-])cc2)cc1. The van der Waals surface area contributed by atoms with E-state index >= 15 is 0 Å². The predicted octanol–water partition coefficient (Wildman–Crippen LogP) is 2.38. The molecule has 2 aromatic rings. The van der Waals surface area contributed by atoms with E-state index in [4.69, 9.17) is 10.6 Å². The minimum atomic E-state index is -0.634. The third kappa shape index (κ3) is 3.66. The van der Waals surface area contributed by atoms with E-state index in [1.807, 2.05) is 6.92 Å². The smallest absolute Gasteiger partial charge is 0.365 e. The van der Waals surface area contributed by atoms with Crippen molar-refractivity contribution in [2.45, 2.75) is 6.92 Å². The topological polar surface area (TPSA) is 108 Å². The number of nitro benzene ring substituents is 1. The number of nitrogens with two attached hydrogens (primary N) is 1. The summed E-state index contributed by atoms with van der Waals surface area (Å²) in [6.07, 6.45) is 0. The molecule has 2 N–H and O–H groups in total. The van der Waals surface area contributed by atoms with Gasteiger partial charge in [0.2, 0.25) is 0 Å². The molecule has 0 aliphatic carbocycles. The second-order valence-electron chi connectivity index (χ2n) is 4.53. The van der Waals surface area contributed by atoms with Crippen molar-refractivity contribution in [1.82, 2.24) is 0 Å². The molecule has 0 aliphatic rings. The van der Waals surface area contributed by atoms with Crippen LogP contribution >= 0.6 is 0 Å². The van der Waals surface area contributed by atoms with Gasteiger partial charge in [-0.3, -0.25) is 10.1 Å². The third-order valence-electron chi connectivity index (χ3n) is 2.89. The van der Waals surface area contributed by atoms with Crippen LogP contribution in [0.4, 0.5) is 5.69 Å². The van der Waals surface area contributed by atoms with E-state index in [-0.39, 0.29) is 11.5 Å². The molecule has 0 heterocycles. The molecule has 0 unspecified atom stereocenters. The van der Waals surface area contributed by atoms with Crippen molar-refractivity contribution < 1.29 is 14.6 Å². The van der Waals surface area contributed by atoms with Gasteiger partial charge in [-0.15, -0.1) is 0 Å². The number of amidine groups is 1. The fourth-order valence-corrected chi connectivity index (χ4v) is 1.64. The number of nitro groups is 1. The van der Waals surface area contributed by atoms with E-state index in [2.05, 4.69) is 5.16 Å². The first-order valence-corrected chi connectivity index (χ1v) is 6.33. The molecule has 0 fully saturated rings. The van der Waals surface area contributed by atoms with Crippen molar-refractivity contribution in [1.29, 1.82) is 0 Å². The number of carbonyl (C=O) groups excluding carboxylic acids is 1. The van der Waals surface area contributed by atoms with Gasteiger partial charge in [-0.1, -0.05) is 22.9 Å². The largest absolute Gasteiger partial charge is 0.380 e. The van der Waals surface area contributed by atoms with Gasteiger partial charge in [0.05, 0.1) is 10.5 Å². The highest BCUT2D eigenvalue weighted by Crippen LogP contribution is 2.12. The van der Waals surface area contributed by atoms with E-state index in [1.54, 1.807) is 24.3 Å². The molecule has 0 aliphatic heterocycles. The lowest BCUT2D eigenvalue weighted by molar-refractivity contribution is -0.384. The lowest BCUT2D eigenvalue weighted by atomic mass is 10.2. The summed E-state index contributed by atoms with van der Waals surface area (Å²) in [4.78, 5) is 26.5. The van der Waals surface area contributed by atoms with Crippen LogP contribution in [0.2, 0.25) is 0 Å². The van der Waals surface area contributed by atoms with Crippen molar-refractivity contribution >= 4 is 17.5 Å². The number of carbonyl (C=O) groups is 1. The summed E-state index contributed by atoms with van der Waals surface area (Å²) in [6.45, 7) is 1.90. The van der Waals surface area contributed by atoms with Gasteiger partial charge in [0.25, 0.3) is 5.69 Å². The normalized spacial score (nSPS) is 11.0. The zero-order valence-corrected chi connectivity index (χ0v) is 11.7. The summed E-state index contributed by atoms with van der Waals surface area (Å²) in [5, 5.41) is 14.1. The lowest BCUT2D eigenvalue weighted by Crippen LogP contribution is -2.15. The molecule has 0 atom stereocenters. The average Bonchev–Trinajstić information content (AvgIpc) is 2.53. The van der Waals surface area contributed by atoms with Gasteiger partial charge >= 0.3 is 5.97 Å². The van der Waals surface area contributed by atoms with Crippen molar-refractivity contribution in [2.24, 2.45) is 10.9 Å². The highest BCUT2D eigenvalue weighted by atomic mass is 16.7. The molecule has 0 bridgehead atoms. The summed E-state index contributed by atoms with van der Waals surface area (Å²) < 4.78 is 0. The van der Waals surface area contributed by atoms with Crippen molar-refractivity contribution in [3.63, 3.8) is 0 Å². The molecule has 7 nitrogen and oxygen atoms in total. The minimum absolute atomic E-state index is 0.0460. The zero-order valence-electron chi connectivity index (χ0n) is 11.7. The van der Waals surface area contributed by atoms with Gasteiger partial charge in [-0.25, -0.2) is 4.79 Å². The molecule has 112 valence electrons. The maximum absolute atomic E-state index is 11.8. The molecule has 0 spiro atoms. The van der Waals surface area contributed by atoms with Crippen LogP contribution in [-0.4, -0.2) is 16.7 Å². The Balaban J connectivity index is 2.07. The molecule has 0 saturated heterocycles. The lowest BCUT2D eigenvalue weighted by Gasteiger charge is -2.01. The van der Waals surface area contributed by atoms with E-state index in [0.717, 1.165) is 5.56 Å². The Hall–Kier alpha value is -3.22.